The minimum Gasteiger partial charge on any atom is -0.444 e. The van der Waals surface area contributed by atoms with E-state index in [0.717, 1.165) is 4.88 Å². The molecule has 8 nitrogen and oxygen atoms in total. The van der Waals surface area contributed by atoms with Crippen LogP contribution >= 0.6 is 23.6 Å². The topological polar surface area (TPSA) is 92.2 Å². The van der Waals surface area contributed by atoms with E-state index in [2.05, 4.69) is 15.5 Å². The van der Waals surface area contributed by atoms with Gasteiger partial charge in [-0.1, -0.05) is 6.07 Å². The molecule has 1 fully saturated rings. The molecular formula is C19H27N5O3S2. The van der Waals surface area contributed by atoms with Crippen LogP contribution in [0.4, 0.5) is 4.79 Å². The molecule has 0 aliphatic carbocycles. The van der Waals surface area contributed by atoms with E-state index in [1.54, 1.807) is 20.8 Å². The first-order chi connectivity index (χ1) is 13.7. The van der Waals surface area contributed by atoms with Crippen LogP contribution in [0.2, 0.25) is 0 Å². The van der Waals surface area contributed by atoms with Gasteiger partial charge >= 0.3 is 6.09 Å². The number of nitrogens with one attached hydrogen (secondary N) is 2. The Balaban J connectivity index is 1.59. The van der Waals surface area contributed by atoms with E-state index in [9.17, 15) is 9.59 Å². The van der Waals surface area contributed by atoms with Crippen molar-refractivity contribution in [3.8, 4) is 10.7 Å². The summed E-state index contributed by atoms with van der Waals surface area (Å²) in [6.07, 6.45) is 1.07. The van der Waals surface area contributed by atoms with Gasteiger partial charge in [0.2, 0.25) is 5.91 Å². The Hall–Kier alpha value is -2.20. The number of piperidine rings is 1. The summed E-state index contributed by atoms with van der Waals surface area (Å²) in [5.74, 6) is 0.545. The van der Waals surface area contributed by atoms with Crippen molar-refractivity contribution in [2.75, 3.05) is 13.1 Å². The summed E-state index contributed by atoms with van der Waals surface area (Å²) in [4.78, 5) is 27.7. The second-order valence-electron chi connectivity index (χ2n) is 8.13. The van der Waals surface area contributed by atoms with Gasteiger partial charge in [0.25, 0.3) is 0 Å². The number of carbonyl (C=O) groups is 2. The number of rotatable bonds is 4. The molecule has 0 saturated carbocycles. The Morgan fingerprint density at radius 2 is 2.07 bits per heavy atom. The van der Waals surface area contributed by atoms with Crippen LogP contribution in [0.5, 0.6) is 0 Å². The lowest BCUT2D eigenvalue weighted by Crippen LogP contribution is -2.48. The molecule has 10 heteroatoms. The molecular weight excluding hydrogens is 410 g/mol. The zero-order chi connectivity index (χ0) is 21.2. The van der Waals surface area contributed by atoms with E-state index >= 15 is 0 Å². The highest BCUT2D eigenvalue weighted by atomic mass is 32.1. The van der Waals surface area contributed by atoms with Crippen molar-refractivity contribution in [2.45, 2.75) is 58.2 Å². The van der Waals surface area contributed by atoms with Crippen molar-refractivity contribution in [3.63, 3.8) is 0 Å². The standard InChI is InChI=1S/C19H27N5O3S2/c1-12(24-15(21-22-17(24)28)14-6-5-11-29-14)16(25)20-13-7-9-23(10-8-13)18(26)27-19(2,3)4/h5-6,11-13H,7-10H2,1-4H3,(H,20,25)(H,22,28). The number of hydrogen-bond donors (Lipinski definition) is 2. The summed E-state index contributed by atoms with van der Waals surface area (Å²) in [6.45, 7) is 8.48. The molecule has 1 aliphatic heterocycles. The van der Waals surface area contributed by atoms with Crippen LogP contribution in [-0.4, -0.2) is 56.4 Å². The van der Waals surface area contributed by atoms with Crippen LogP contribution in [0, 0.1) is 4.77 Å². The predicted molar refractivity (Wildman–Crippen MR) is 114 cm³/mol. The quantitative estimate of drug-likeness (QED) is 0.711. The largest absolute Gasteiger partial charge is 0.444 e. The molecule has 158 valence electrons. The van der Waals surface area contributed by atoms with Crippen LogP contribution in [0.15, 0.2) is 17.5 Å². The van der Waals surface area contributed by atoms with Crippen LogP contribution in [0.25, 0.3) is 10.7 Å². The maximum atomic E-state index is 12.9. The Morgan fingerprint density at radius 1 is 1.38 bits per heavy atom. The average Bonchev–Trinajstić information content (AvgIpc) is 3.29. The minimum absolute atomic E-state index is 0.00916. The number of aromatic amines is 1. The van der Waals surface area contributed by atoms with Gasteiger partial charge in [0.15, 0.2) is 10.6 Å². The van der Waals surface area contributed by atoms with E-state index in [1.807, 2.05) is 45.2 Å². The van der Waals surface area contributed by atoms with E-state index in [4.69, 9.17) is 17.0 Å². The van der Waals surface area contributed by atoms with Gasteiger partial charge in [-0.3, -0.25) is 14.5 Å². The third-order valence-electron chi connectivity index (χ3n) is 4.71. The van der Waals surface area contributed by atoms with Gasteiger partial charge in [0.05, 0.1) is 4.88 Å². The van der Waals surface area contributed by atoms with Crippen molar-refractivity contribution < 1.29 is 14.3 Å². The lowest BCUT2D eigenvalue weighted by molar-refractivity contribution is -0.124. The van der Waals surface area contributed by atoms with Crippen molar-refractivity contribution in [1.29, 1.82) is 0 Å². The zero-order valence-corrected chi connectivity index (χ0v) is 18.7. The summed E-state index contributed by atoms with van der Waals surface area (Å²) in [5.41, 5.74) is -0.512. The number of carbonyl (C=O) groups excluding carboxylic acids is 2. The third kappa shape index (κ3) is 5.24. The molecule has 3 heterocycles. The number of amides is 2. The molecule has 1 unspecified atom stereocenters. The van der Waals surface area contributed by atoms with Gasteiger partial charge in [-0.05, 0) is 64.2 Å². The molecule has 0 radical (unpaired) electrons. The highest BCUT2D eigenvalue weighted by Gasteiger charge is 2.29. The van der Waals surface area contributed by atoms with Crippen molar-refractivity contribution in [2.24, 2.45) is 0 Å². The molecule has 29 heavy (non-hydrogen) atoms. The van der Waals surface area contributed by atoms with Gasteiger partial charge in [0.1, 0.15) is 11.6 Å². The molecule has 2 aromatic rings. The maximum absolute atomic E-state index is 12.9. The molecule has 3 rings (SSSR count). The first-order valence-electron chi connectivity index (χ1n) is 9.65. The molecule has 0 spiro atoms. The highest BCUT2D eigenvalue weighted by Crippen LogP contribution is 2.26. The summed E-state index contributed by atoms with van der Waals surface area (Å²) >= 11 is 6.89. The van der Waals surface area contributed by atoms with Gasteiger partial charge in [-0.2, -0.15) is 5.10 Å². The Kier molecular flexibility index (Phi) is 6.42. The average molecular weight is 438 g/mol. The van der Waals surface area contributed by atoms with Crippen molar-refractivity contribution in [1.82, 2.24) is 25.0 Å². The van der Waals surface area contributed by atoms with E-state index in [-0.39, 0.29) is 18.0 Å². The number of ether oxygens (including phenoxy) is 1. The first-order valence-corrected chi connectivity index (χ1v) is 10.9. The lowest BCUT2D eigenvalue weighted by Gasteiger charge is -2.34. The van der Waals surface area contributed by atoms with Gasteiger partial charge < -0.3 is 15.0 Å². The summed E-state index contributed by atoms with van der Waals surface area (Å²) in [6, 6.07) is 3.39. The Bertz CT molecular complexity index is 905. The van der Waals surface area contributed by atoms with Gasteiger partial charge in [0, 0.05) is 19.1 Å². The lowest BCUT2D eigenvalue weighted by atomic mass is 10.0. The van der Waals surface area contributed by atoms with Crippen LogP contribution in [0.1, 0.15) is 46.6 Å². The molecule has 2 aromatic heterocycles. The number of thiophene rings is 1. The Morgan fingerprint density at radius 3 is 2.66 bits per heavy atom. The van der Waals surface area contributed by atoms with Crippen LogP contribution in [-0.2, 0) is 9.53 Å². The number of likely N-dealkylation sites (tertiary alicyclic amines) is 1. The van der Waals surface area contributed by atoms with E-state index in [0.29, 0.717) is 36.5 Å². The van der Waals surface area contributed by atoms with Crippen LogP contribution < -0.4 is 5.32 Å². The molecule has 0 bridgehead atoms. The van der Waals surface area contributed by atoms with Crippen molar-refractivity contribution >= 4 is 35.6 Å². The second-order valence-corrected chi connectivity index (χ2v) is 9.46. The number of H-pyrrole nitrogens is 1. The van der Waals surface area contributed by atoms with Gasteiger partial charge in [-0.25, -0.2) is 4.79 Å². The fraction of sp³-hybridized carbons (Fsp3) is 0.579. The second kappa shape index (κ2) is 8.66. The molecule has 0 aromatic carbocycles. The van der Waals surface area contributed by atoms with E-state index in [1.165, 1.54) is 0 Å². The fourth-order valence-electron chi connectivity index (χ4n) is 3.22. The zero-order valence-electron chi connectivity index (χ0n) is 17.1. The summed E-state index contributed by atoms with van der Waals surface area (Å²) in [5, 5.41) is 12.1. The summed E-state index contributed by atoms with van der Waals surface area (Å²) in [7, 11) is 0. The molecule has 1 atom stereocenters. The normalized spacial score (nSPS) is 16.5. The van der Waals surface area contributed by atoms with E-state index < -0.39 is 11.6 Å². The molecule has 2 amide bonds. The Labute approximate surface area is 179 Å². The summed E-state index contributed by atoms with van der Waals surface area (Å²) < 4.78 is 7.57. The predicted octanol–water partition coefficient (Wildman–Crippen LogP) is 3.75. The molecule has 2 N–H and O–H groups in total. The maximum Gasteiger partial charge on any atom is 0.410 e. The monoisotopic (exact) mass is 437 g/mol. The third-order valence-corrected chi connectivity index (χ3v) is 5.86. The van der Waals surface area contributed by atoms with Crippen LogP contribution in [0.3, 0.4) is 0 Å². The number of hydrogen-bond acceptors (Lipinski definition) is 6. The van der Waals surface area contributed by atoms with Crippen molar-refractivity contribution in [3.05, 3.63) is 22.3 Å². The number of aromatic nitrogens is 3. The smallest absolute Gasteiger partial charge is 0.410 e. The SMILES string of the molecule is CC(C(=O)NC1CCN(C(=O)OC(C)(C)C)CC1)n1c(-c2cccs2)n[nH]c1=S. The highest BCUT2D eigenvalue weighted by molar-refractivity contribution is 7.71. The first kappa shape index (κ1) is 21.5. The molecule has 1 saturated heterocycles. The fourth-order valence-corrected chi connectivity index (χ4v) is 4.22. The minimum atomic E-state index is -0.512. The molecule has 1 aliphatic rings. The van der Waals surface area contributed by atoms with Gasteiger partial charge in [-0.15, -0.1) is 11.3 Å². The number of nitrogens with zero attached hydrogens (tertiary/aromatic N) is 3.